The summed E-state index contributed by atoms with van der Waals surface area (Å²) in [6, 6.07) is 19.5. The summed E-state index contributed by atoms with van der Waals surface area (Å²) < 4.78 is 13.7. The number of carboxylic acid groups (broad SMARTS) is 1. The molecule has 0 saturated carbocycles. The zero-order valence-corrected chi connectivity index (χ0v) is 18.3. The first kappa shape index (κ1) is 22.3. The summed E-state index contributed by atoms with van der Waals surface area (Å²) in [5.41, 5.74) is 5.17. The molecule has 0 spiro atoms. The van der Waals surface area contributed by atoms with Gasteiger partial charge in [-0.15, -0.1) is 0 Å². The van der Waals surface area contributed by atoms with Gasteiger partial charge in [0.25, 0.3) is 0 Å². The number of aromatic nitrogens is 1. The first-order valence-corrected chi connectivity index (χ1v) is 10.8. The number of aromatic amines is 1. The van der Waals surface area contributed by atoms with Crippen LogP contribution >= 0.6 is 0 Å². The van der Waals surface area contributed by atoms with Crippen LogP contribution in [0.4, 0.5) is 4.39 Å². The summed E-state index contributed by atoms with van der Waals surface area (Å²) in [4.78, 5) is 27.1. The average Bonchev–Trinajstić information content (AvgIpc) is 3.19. The SMILES string of the molecule is Cc1cc(F)ccc1C(NC(=O)Cc1ccc2[nH]cc(CCC(=O)O)c2c1)c1ccccc1. The van der Waals surface area contributed by atoms with Crippen molar-refractivity contribution >= 4 is 22.8 Å². The molecule has 168 valence electrons. The Morgan fingerprint density at radius 1 is 1.06 bits per heavy atom. The number of benzene rings is 3. The van der Waals surface area contributed by atoms with E-state index in [1.165, 1.54) is 12.1 Å². The minimum atomic E-state index is -0.845. The van der Waals surface area contributed by atoms with Gasteiger partial charge in [-0.25, -0.2) is 4.39 Å². The van der Waals surface area contributed by atoms with Crippen LogP contribution in [-0.2, 0) is 22.4 Å². The van der Waals surface area contributed by atoms with Gasteiger partial charge in [-0.3, -0.25) is 9.59 Å². The third-order valence-corrected chi connectivity index (χ3v) is 5.79. The first-order chi connectivity index (χ1) is 15.9. The molecule has 4 aromatic rings. The Morgan fingerprint density at radius 3 is 2.58 bits per heavy atom. The van der Waals surface area contributed by atoms with E-state index < -0.39 is 12.0 Å². The minimum Gasteiger partial charge on any atom is -0.481 e. The van der Waals surface area contributed by atoms with Gasteiger partial charge in [0.1, 0.15) is 5.82 Å². The molecule has 1 heterocycles. The number of carboxylic acids is 1. The van der Waals surface area contributed by atoms with Gasteiger partial charge in [-0.1, -0.05) is 42.5 Å². The number of H-pyrrole nitrogens is 1. The van der Waals surface area contributed by atoms with Crippen LogP contribution in [0.1, 0.15) is 40.3 Å². The summed E-state index contributed by atoms with van der Waals surface area (Å²) in [5, 5.41) is 13.0. The molecule has 0 saturated heterocycles. The monoisotopic (exact) mass is 444 g/mol. The van der Waals surface area contributed by atoms with E-state index in [1.54, 1.807) is 6.07 Å². The van der Waals surface area contributed by atoms with Crippen LogP contribution < -0.4 is 5.32 Å². The number of fused-ring (bicyclic) bond motifs is 1. The lowest BCUT2D eigenvalue weighted by atomic mass is 9.94. The van der Waals surface area contributed by atoms with Crippen molar-refractivity contribution in [1.29, 1.82) is 0 Å². The van der Waals surface area contributed by atoms with Gasteiger partial charge in [-0.05, 0) is 65.4 Å². The fraction of sp³-hybridized carbons (Fsp3) is 0.185. The van der Waals surface area contributed by atoms with Gasteiger partial charge >= 0.3 is 5.97 Å². The van der Waals surface area contributed by atoms with Crippen LogP contribution in [0.3, 0.4) is 0 Å². The van der Waals surface area contributed by atoms with E-state index in [-0.39, 0.29) is 24.6 Å². The van der Waals surface area contributed by atoms with Crippen molar-refractivity contribution in [2.45, 2.75) is 32.2 Å². The minimum absolute atomic E-state index is 0.0491. The number of hydrogen-bond acceptors (Lipinski definition) is 2. The largest absolute Gasteiger partial charge is 0.481 e. The molecule has 0 fully saturated rings. The van der Waals surface area contributed by atoms with Crippen LogP contribution in [0.2, 0.25) is 0 Å². The molecular weight excluding hydrogens is 419 g/mol. The Bertz CT molecular complexity index is 1300. The molecule has 6 heteroatoms. The zero-order valence-electron chi connectivity index (χ0n) is 18.3. The molecule has 0 radical (unpaired) electrons. The van der Waals surface area contributed by atoms with Gasteiger partial charge in [0.15, 0.2) is 0 Å². The molecule has 1 amide bonds. The Morgan fingerprint density at radius 2 is 1.85 bits per heavy atom. The van der Waals surface area contributed by atoms with E-state index in [0.717, 1.165) is 38.7 Å². The predicted octanol–water partition coefficient (Wildman–Crippen LogP) is 5.08. The third kappa shape index (κ3) is 5.29. The molecule has 1 aromatic heterocycles. The second-order valence-corrected chi connectivity index (χ2v) is 8.18. The van der Waals surface area contributed by atoms with Crippen LogP contribution in [-0.4, -0.2) is 22.0 Å². The highest BCUT2D eigenvalue weighted by Gasteiger charge is 2.19. The van der Waals surface area contributed by atoms with Crippen molar-refractivity contribution in [2.75, 3.05) is 0 Å². The highest BCUT2D eigenvalue weighted by Crippen LogP contribution is 2.26. The van der Waals surface area contributed by atoms with Crippen molar-refractivity contribution in [1.82, 2.24) is 10.3 Å². The number of nitrogens with one attached hydrogen (secondary N) is 2. The van der Waals surface area contributed by atoms with Crippen molar-refractivity contribution in [3.05, 3.63) is 107 Å². The van der Waals surface area contributed by atoms with Crippen molar-refractivity contribution in [3.63, 3.8) is 0 Å². The van der Waals surface area contributed by atoms with Crippen molar-refractivity contribution in [2.24, 2.45) is 0 Å². The van der Waals surface area contributed by atoms with E-state index in [9.17, 15) is 14.0 Å². The van der Waals surface area contributed by atoms with E-state index in [4.69, 9.17) is 5.11 Å². The first-order valence-electron chi connectivity index (χ1n) is 10.8. The van der Waals surface area contributed by atoms with Gasteiger partial charge < -0.3 is 15.4 Å². The van der Waals surface area contributed by atoms with E-state index in [0.29, 0.717) is 6.42 Å². The quantitative estimate of drug-likeness (QED) is 0.354. The number of carbonyl (C=O) groups is 2. The molecule has 3 N–H and O–H groups in total. The van der Waals surface area contributed by atoms with Crippen LogP contribution in [0, 0.1) is 12.7 Å². The number of halogens is 1. The maximum atomic E-state index is 13.7. The number of aliphatic carboxylic acids is 1. The predicted molar refractivity (Wildman–Crippen MR) is 126 cm³/mol. The molecule has 0 aliphatic heterocycles. The van der Waals surface area contributed by atoms with Crippen LogP contribution in [0.25, 0.3) is 10.9 Å². The lowest BCUT2D eigenvalue weighted by Crippen LogP contribution is -2.31. The fourth-order valence-electron chi connectivity index (χ4n) is 4.13. The number of hydrogen-bond donors (Lipinski definition) is 3. The van der Waals surface area contributed by atoms with Gasteiger partial charge in [0, 0.05) is 23.5 Å². The molecule has 1 atom stereocenters. The third-order valence-electron chi connectivity index (χ3n) is 5.79. The summed E-state index contributed by atoms with van der Waals surface area (Å²) >= 11 is 0. The normalized spacial score (nSPS) is 11.9. The fourth-order valence-corrected chi connectivity index (χ4v) is 4.13. The van der Waals surface area contributed by atoms with Crippen molar-refractivity contribution < 1.29 is 19.1 Å². The summed E-state index contributed by atoms with van der Waals surface area (Å²) in [6.07, 6.45) is 2.46. The molecule has 1 unspecified atom stereocenters. The Hall–Kier alpha value is -3.93. The molecule has 5 nitrogen and oxygen atoms in total. The lowest BCUT2D eigenvalue weighted by molar-refractivity contribution is -0.137. The molecule has 0 aliphatic carbocycles. The number of amides is 1. The second-order valence-electron chi connectivity index (χ2n) is 8.18. The zero-order chi connectivity index (χ0) is 23.4. The average molecular weight is 445 g/mol. The topological polar surface area (TPSA) is 82.2 Å². The Labute approximate surface area is 191 Å². The molecular formula is C27H25FN2O3. The summed E-state index contributed by atoms with van der Waals surface area (Å²) in [5.74, 6) is -1.31. The standard InChI is InChI=1S/C27H25FN2O3/c1-17-13-21(28)9-10-22(17)27(19-5-3-2-4-6-19)30-25(31)15-18-7-11-24-23(14-18)20(16-29-24)8-12-26(32)33/h2-7,9-11,13-14,16,27,29H,8,12,15H2,1H3,(H,30,31)(H,32,33). The molecule has 33 heavy (non-hydrogen) atoms. The van der Waals surface area contributed by atoms with E-state index >= 15 is 0 Å². The molecule has 4 rings (SSSR count). The lowest BCUT2D eigenvalue weighted by Gasteiger charge is -2.22. The second kappa shape index (κ2) is 9.69. The van der Waals surface area contributed by atoms with Crippen molar-refractivity contribution in [3.8, 4) is 0 Å². The van der Waals surface area contributed by atoms with E-state index in [2.05, 4.69) is 10.3 Å². The Balaban J connectivity index is 1.57. The highest BCUT2D eigenvalue weighted by molar-refractivity contribution is 5.86. The van der Waals surface area contributed by atoms with Crippen LogP contribution in [0.15, 0.2) is 72.9 Å². The van der Waals surface area contributed by atoms with Gasteiger partial charge in [0.05, 0.1) is 12.5 Å². The van der Waals surface area contributed by atoms with E-state index in [1.807, 2.05) is 61.7 Å². The highest BCUT2D eigenvalue weighted by atomic mass is 19.1. The summed E-state index contributed by atoms with van der Waals surface area (Å²) in [6.45, 7) is 1.83. The molecule has 3 aromatic carbocycles. The summed E-state index contributed by atoms with van der Waals surface area (Å²) in [7, 11) is 0. The smallest absolute Gasteiger partial charge is 0.303 e. The Kier molecular flexibility index (Phi) is 6.54. The number of rotatable bonds is 8. The van der Waals surface area contributed by atoms with Crippen LogP contribution in [0.5, 0.6) is 0 Å². The molecule has 0 aliphatic rings. The van der Waals surface area contributed by atoms with Gasteiger partial charge in [-0.2, -0.15) is 0 Å². The maximum Gasteiger partial charge on any atom is 0.303 e. The number of carbonyl (C=O) groups excluding carboxylic acids is 1. The van der Waals surface area contributed by atoms with Gasteiger partial charge in [0.2, 0.25) is 5.91 Å². The number of aryl methyl sites for hydroxylation is 2. The maximum absolute atomic E-state index is 13.7. The molecule has 0 bridgehead atoms.